The van der Waals surface area contributed by atoms with Gasteiger partial charge in [-0.2, -0.15) is 14.9 Å². The SMILES string of the molecule is CCCOc1ccc(C=Nn2c(CCC)n[nH]c2=S)cc1OCC. The lowest BCUT2D eigenvalue weighted by Gasteiger charge is -2.11. The van der Waals surface area contributed by atoms with Crippen molar-refractivity contribution >= 4 is 18.4 Å². The van der Waals surface area contributed by atoms with E-state index in [1.165, 1.54) is 0 Å². The van der Waals surface area contributed by atoms with Crippen molar-refractivity contribution in [2.24, 2.45) is 5.10 Å². The van der Waals surface area contributed by atoms with Crippen molar-refractivity contribution < 1.29 is 9.47 Å². The average molecular weight is 348 g/mol. The molecule has 1 N–H and O–H groups in total. The number of benzene rings is 1. The molecule has 0 atom stereocenters. The molecule has 0 amide bonds. The molecule has 7 heteroatoms. The normalized spacial score (nSPS) is 11.1. The van der Waals surface area contributed by atoms with Crippen LogP contribution in [0.15, 0.2) is 23.3 Å². The van der Waals surface area contributed by atoms with Crippen molar-refractivity contribution in [1.29, 1.82) is 0 Å². The number of aromatic amines is 1. The second kappa shape index (κ2) is 9.22. The smallest absolute Gasteiger partial charge is 0.216 e. The van der Waals surface area contributed by atoms with Gasteiger partial charge >= 0.3 is 0 Å². The Morgan fingerprint density at radius 2 is 2.04 bits per heavy atom. The predicted molar refractivity (Wildman–Crippen MR) is 97.8 cm³/mol. The Morgan fingerprint density at radius 3 is 2.75 bits per heavy atom. The number of aromatic nitrogens is 3. The Hall–Kier alpha value is -2.15. The zero-order chi connectivity index (χ0) is 17.4. The molecular formula is C17H24N4O2S. The van der Waals surface area contributed by atoms with Crippen LogP contribution in [0.25, 0.3) is 0 Å². The summed E-state index contributed by atoms with van der Waals surface area (Å²) in [6, 6.07) is 5.77. The Morgan fingerprint density at radius 1 is 1.21 bits per heavy atom. The largest absolute Gasteiger partial charge is 0.490 e. The van der Waals surface area contributed by atoms with Gasteiger partial charge in [-0.05, 0) is 55.7 Å². The quantitative estimate of drug-likeness (QED) is 0.550. The highest BCUT2D eigenvalue weighted by molar-refractivity contribution is 7.71. The molecule has 0 bridgehead atoms. The molecule has 0 aliphatic rings. The average Bonchev–Trinajstić information content (AvgIpc) is 2.93. The zero-order valence-electron chi connectivity index (χ0n) is 14.4. The Bertz CT molecular complexity index is 736. The van der Waals surface area contributed by atoms with E-state index in [9.17, 15) is 0 Å². The van der Waals surface area contributed by atoms with E-state index in [-0.39, 0.29) is 0 Å². The number of hydrogen-bond acceptors (Lipinski definition) is 5. The fraction of sp³-hybridized carbons (Fsp3) is 0.471. The molecule has 0 aliphatic carbocycles. The Labute approximate surface area is 147 Å². The first kappa shape index (κ1) is 18.2. The summed E-state index contributed by atoms with van der Waals surface area (Å²) in [6.07, 6.45) is 4.50. The van der Waals surface area contributed by atoms with E-state index >= 15 is 0 Å². The van der Waals surface area contributed by atoms with Crippen molar-refractivity contribution in [1.82, 2.24) is 14.9 Å². The van der Waals surface area contributed by atoms with Crippen LogP contribution in [0.4, 0.5) is 0 Å². The minimum Gasteiger partial charge on any atom is -0.490 e. The van der Waals surface area contributed by atoms with E-state index in [2.05, 4.69) is 29.1 Å². The number of nitrogens with zero attached hydrogens (tertiary/aromatic N) is 3. The van der Waals surface area contributed by atoms with E-state index in [0.717, 1.165) is 42.1 Å². The minimum atomic E-state index is 0.489. The highest BCUT2D eigenvalue weighted by Crippen LogP contribution is 2.28. The van der Waals surface area contributed by atoms with Gasteiger partial charge in [0, 0.05) is 6.42 Å². The maximum atomic E-state index is 5.71. The van der Waals surface area contributed by atoms with Crippen molar-refractivity contribution in [2.75, 3.05) is 13.2 Å². The lowest BCUT2D eigenvalue weighted by molar-refractivity contribution is 0.277. The van der Waals surface area contributed by atoms with Gasteiger partial charge in [0.15, 0.2) is 17.3 Å². The van der Waals surface area contributed by atoms with E-state index in [1.54, 1.807) is 10.9 Å². The first-order valence-corrected chi connectivity index (χ1v) is 8.70. The van der Waals surface area contributed by atoms with Gasteiger partial charge in [0.05, 0.1) is 19.4 Å². The van der Waals surface area contributed by atoms with Crippen LogP contribution in [0.3, 0.4) is 0 Å². The molecular weight excluding hydrogens is 324 g/mol. The number of H-pyrrole nitrogens is 1. The lowest BCUT2D eigenvalue weighted by atomic mass is 10.2. The van der Waals surface area contributed by atoms with E-state index < -0.39 is 0 Å². The lowest BCUT2D eigenvalue weighted by Crippen LogP contribution is -2.01. The molecule has 2 rings (SSSR count). The topological polar surface area (TPSA) is 64.4 Å². The van der Waals surface area contributed by atoms with Gasteiger partial charge in [-0.3, -0.25) is 5.10 Å². The highest BCUT2D eigenvalue weighted by Gasteiger charge is 2.07. The van der Waals surface area contributed by atoms with Crippen molar-refractivity contribution in [3.63, 3.8) is 0 Å². The van der Waals surface area contributed by atoms with Crippen LogP contribution in [0, 0.1) is 4.77 Å². The van der Waals surface area contributed by atoms with Crippen molar-refractivity contribution in [3.05, 3.63) is 34.4 Å². The molecule has 2 aromatic rings. The van der Waals surface area contributed by atoms with E-state index in [1.807, 2.05) is 25.1 Å². The maximum absolute atomic E-state index is 5.71. The molecule has 6 nitrogen and oxygen atoms in total. The predicted octanol–water partition coefficient (Wildman–Crippen LogP) is 3.96. The summed E-state index contributed by atoms with van der Waals surface area (Å²) in [5.41, 5.74) is 0.910. The van der Waals surface area contributed by atoms with Crippen molar-refractivity contribution in [3.8, 4) is 11.5 Å². The monoisotopic (exact) mass is 348 g/mol. The molecule has 130 valence electrons. The number of rotatable bonds is 9. The second-order valence-electron chi connectivity index (χ2n) is 5.24. The zero-order valence-corrected chi connectivity index (χ0v) is 15.2. The third kappa shape index (κ3) is 4.67. The van der Waals surface area contributed by atoms with Gasteiger partial charge in [0.25, 0.3) is 0 Å². The van der Waals surface area contributed by atoms with Crippen LogP contribution < -0.4 is 9.47 Å². The standard InChI is InChI=1S/C17H24N4O2S/c1-4-7-16-19-20-17(24)21(16)18-12-13-8-9-14(23-10-5-2)15(11-13)22-6-3/h8-9,11-12H,4-7,10H2,1-3H3,(H,20,24). The fourth-order valence-electron chi connectivity index (χ4n) is 2.16. The summed E-state index contributed by atoms with van der Waals surface area (Å²) in [6.45, 7) is 7.36. The van der Waals surface area contributed by atoms with Crippen LogP contribution in [0.1, 0.15) is 45.0 Å². The molecule has 0 radical (unpaired) electrons. The molecule has 0 spiro atoms. The number of nitrogens with one attached hydrogen (secondary N) is 1. The minimum absolute atomic E-state index is 0.489. The molecule has 0 saturated heterocycles. The number of aryl methyl sites for hydroxylation is 1. The van der Waals surface area contributed by atoms with Gasteiger partial charge in [0.2, 0.25) is 4.77 Å². The van der Waals surface area contributed by atoms with Crippen LogP contribution >= 0.6 is 12.2 Å². The molecule has 24 heavy (non-hydrogen) atoms. The summed E-state index contributed by atoms with van der Waals surface area (Å²) in [7, 11) is 0. The summed E-state index contributed by atoms with van der Waals surface area (Å²) in [5, 5.41) is 11.4. The molecule has 0 fully saturated rings. The Kier molecular flexibility index (Phi) is 6.99. The fourth-order valence-corrected chi connectivity index (χ4v) is 2.36. The van der Waals surface area contributed by atoms with Crippen molar-refractivity contribution in [2.45, 2.75) is 40.0 Å². The van der Waals surface area contributed by atoms with Gasteiger partial charge in [0.1, 0.15) is 0 Å². The first-order chi connectivity index (χ1) is 11.7. The van der Waals surface area contributed by atoms with Crippen LogP contribution in [-0.2, 0) is 6.42 Å². The molecule has 0 unspecified atom stereocenters. The number of ether oxygens (including phenoxy) is 2. The van der Waals surface area contributed by atoms with E-state index in [4.69, 9.17) is 21.7 Å². The number of hydrogen-bond donors (Lipinski definition) is 1. The molecule has 0 aliphatic heterocycles. The van der Waals surface area contributed by atoms with Crippen LogP contribution in [-0.4, -0.2) is 34.3 Å². The molecule has 1 heterocycles. The van der Waals surface area contributed by atoms with Gasteiger partial charge < -0.3 is 9.47 Å². The molecule has 1 aromatic carbocycles. The Balaban J connectivity index is 2.24. The summed E-state index contributed by atoms with van der Waals surface area (Å²) >= 11 is 5.22. The highest BCUT2D eigenvalue weighted by atomic mass is 32.1. The van der Waals surface area contributed by atoms with Crippen LogP contribution in [0.2, 0.25) is 0 Å². The third-order valence-corrected chi connectivity index (χ3v) is 3.51. The summed E-state index contributed by atoms with van der Waals surface area (Å²) in [4.78, 5) is 0. The first-order valence-electron chi connectivity index (χ1n) is 8.29. The third-order valence-electron chi connectivity index (χ3n) is 3.24. The van der Waals surface area contributed by atoms with E-state index in [0.29, 0.717) is 18.0 Å². The summed E-state index contributed by atoms with van der Waals surface area (Å²) in [5.74, 6) is 2.30. The van der Waals surface area contributed by atoms with Crippen LogP contribution in [0.5, 0.6) is 11.5 Å². The second-order valence-corrected chi connectivity index (χ2v) is 5.63. The van der Waals surface area contributed by atoms with Gasteiger partial charge in [-0.25, -0.2) is 0 Å². The van der Waals surface area contributed by atoms with Gasteiger partial charge in [-0.15, -0.1) is 0 Å². The molecule has 0 saturated carbocycles. The van der Waals surface area contributed by atoms with Gasteiger partial charge in [-0.1, -0.05) is 13.8 Å². The maximum Gasteiger partial charge on any atom is 0.216 e. The molecule has 1 aromatic heterocycles. The summed E-state index contributed by atoms with van der Waals surface area (Å²) < 4.78 is 13.5.